The summed E-state index contributed by atoms with van der Waals surface area (Å²) in [5.41, 5.74) is 8.65. The Balaban J connectivity index is 1.57. The summed E-state index contributed by atoms with van der Waals surface area (Å²) in [5, 5.41) is 5.44. The fraction of sp³-hybridized carbons (Fsp3) is 0.208. The Labute approximate surface area is 189 Å². The lowest BCUT2D eigenvalue weighted by Gasteiger charge is -2.18. The molecule has 0 spiro atoms. The molecular formula is C24H28N4O3S. The highest BCUT2D eigenvalue weighted by atomic mass is 32.2. The van der Waals surface area contributed by atoms with Crippen LogP contribution < -0.4 is 21.1 Å². The van der Waals surface area contributed by atoms with Gasteiger partial charge in [-0.1, -0.05) is 42.5 Å². The molecular weight excluding hydrogens is 424 g/mol. The molecule has 3 rings (SSSR count). The van der Waals surface area contributed by atoms with Gasteiger partial charge in [0, 0.05) is 23.5 Å². The number of anilines is 2. The number of carbonyl (C=O) groups is 1. The summed E-state index contributed by atoms with van der Waals surface area (Å²) in [4.78, 5) is 12.2. The molecule has 3 aromatic rings. The minimum Gasteiger partial charge on any atom is -0.334 e. The largest absolute Gasteiger partial charge is 0.334 e. The van der Waals surface area contributed by atoms with Gasteiger partial charge < -0.3 is 16.4 Å². The molecule has 3 aromatic carbocycles. The maximum Gasteiger partial charge on any atom is 0.319 e. The number of benzene rings is 3. The lowest BCUT2D eigenvalue weighted by molar-refractivity contribution is 0.251. The molecule has 0 radical (unpaired) electrons. The minimum atomic E-state index is -3.76. The second-order valence-corrected chi connectivity index (χ2v) is 9.97. The fourth-order valence-corrected chi connectivity index (χ4v) is 4.16. The van der Waals surface area contributed by atoms with Crippen molar-refractivity contribution in [1.29, 1.82) is 0 Å². The molecule has 0 aromatic heterocycles. The first kappa shape index (κ1) is 23.3. The minimum absolute atomic E-state index is 0.0971. The van der Waals surface area contributed by atoms with Crippen LogP contribution in [0.4, 0.5) is 16.2 Å². The number of sulfonamides is 1. The lowest BCUT2D eigenvalue weighted by atomic mass is 9.96. The molecule has 0 saturated heterocycles. The third-order valence-electron chi connectivity index (χ3n) is 4.58. The van der Waals surface area contributed by atoms with E-state index >= 15 is 0 Å². The van der Waals surface area contributed by atoms with Gasteiger partial charge in [0.05, 0.1) is 4.90 Å². The highest BCUT2D eigenvalue weighted by Crippen LogP contribution is 2.20. The Hall–Kier alpha value is -3.36. The number of nitrogens with one attached hydrogen (secondary N) is 3. The third kappa shape index (κ3) is 7.11. The molecule has 0 aliphatic rings. The van der Waals surface area contributed by atoms with E-state index < -0.39 is 10.0 Å². The van der Waals surface area contributed by atoms with E-state index in [1.165, 1.54) is 12.1 Å². The Bertz CT molecular complexity index is 1140. The lowest BCUT2D eigenvalue weighted by Crippen LogP contribution is -2.34. The molecule has 0 saturated carbocycles. The summed E-state index contributed by atoms with van der Waals surface area (Å²) in [6.45, 7) is 4.27. The van der Waals surface area contributed by atoms with E-state index in [1.807, 2.05) is 56.3 Å². The second-order valence-electron chi connectivity index (χ2n) is 8.29. The van der Waals surface area contributed by atoms with Gasteiger partial charge in [0.1, 0.15) is 0 Å². The standard InChI is InChI=1S/C24H28N4O3S/c1-24(2,25)16-18-8-10-21(11-9-18)28-32(30,31)22-14-12-20(13-15-22)27-23(29)26-17-19-6-4-3-5-7-19/h3-15,28H,16-17,25H2,1-2H3,(H2,26,27,29). The number of nitrogens with two attached hydrogens (primary N) is 1. The highest BCUT2D eigenvalue weighted by Gasteiger charge is 2.15. The molecule has 7 nitrogen and oxygen atoms in total. The summed E-state index contributed by atoms with van der Waals surface area (Å²) >= 11 is 0. The SMILES string of the molecule is CC(C)(N)Cc1ccc(NS(=O)(=O)c2ccc(NC(=O)NCc3ccccc3)cc2)cc1. The van der Waals surface area contributed by atoms with Crippen molar-refractivity contribution in [3.8, 4) is 0 Å². The van der Waals surface area contributed by atoms with Crippen molar-refractivity contribution >= 4 is 27.4 Å². The van der Waals surface area contributed by atoms with Gasteiger partial charge in [-0.3, -0.25) is 4.72 Å². The van der Waals surface area contributed by atoms with Gasteiger partial charge in [0.15, 0.2) is 0 Å². The molecule has 8 heteroatoms. The zero-order valence-electron chi connectivity index (χ0n) is 18.1. The Morgan fingerprint density at radius 3 is 2.03 bits per heavy atom. The first-order valence-corrected chi connectivity index (χ1v) is 11.7. The van der Waals surface area contributed by atoms with E-state index in [2.05, 4.69) is 15.4 Å². The van der Waals surface area contributed by atoms with Crippen LogP contribution in [0, 0.1) is 0 Å². The van der Waals surface area contributed by atoms with Crippen molar-refractivity contribution in [2.24, 2.45) is 5.73 Å². The number of hydrogen-bond acceptors (Lipinski definition) is 4. The third-order valence-corrected chi connectivity index (χ3v) is 5.98. The quantitative estimate of drug-likeness (QED) is 0.412. The van der Waals surface area contributed by atoms with E-state index in [1.54, 1.807) is 24.3 Å². The van der Waals surface area contributed by atoms with Gasteiger partial charge in [-0.2, -0.15) is 0 Å². The second kappa shape index (κ2) is 9.84. The van der Waals surface area contributed by atoms with Crippen LogP contribution >= 0.6 is 0 Å². The summed E-state index contributed by atoms with van der Waals surface area (Å²) < 4.78 is 27.9. The molecule has 168 valence electrons. The number of urea groups is 1. The van der Waals surface area contributed by atoms with Gasteiger partial charge in [0.25, 0.3) is 10.0 Å². The number of hydrogen-bond donors (Lipinski definition) is 4. The summed E-state index contributed by atoms with van der Waals surface area (Å²) in [7, 11) is -3.76. The van der Waals surface area contributed by atoms with Crippen LogP contribution in [-0.2, 0) is 23.0 Å². The highest BCUT2D eigenvalue weighted by molar-refractivity contribution is 7.92. The Kier molecular flexibility index (Phi) is 7.17. The van der Waals surface area contributed by atoms with Crippen LogP contribution in [0.5, 0.6) is 0 Å². The maximum atomic E-state index is 12.7. The average molecular weight is 453 g/mol. The Morgan fingerprint density at radius 1 is 0.844 bits per heavy atom. The van der Waals surface area contributed by atoms with Gasteiger partial charge in [0.2, 0.25) is 0 Å². The van der Waals surface area contributed by atoms with Crippen LogP contribution in [0.3, 0.4) is 0 Å². The number of amides is 2. The van der Waals surface area contributed by atoms with Crippen LogP contribution in [0.25, 0.3) is 0 Å². The summed E-state index contributed by atoms with van der Waals surface area (Å²) in [6.07, 6.45) is 0.688. The molecule has 0 heterocycles. The predicted octanol–water partition coefficient (Wildman–Crippen LogP) is 4.09. The summed E-state index contributed by atoms with van der Waals surface area (Å²) in [5.74, 6) is 0. The maximum absolute atomic E-state index is 12.7. The zero-order valence-corrected chi connectivity index (χ0v) is 18.9. The molecule has 0 fully saturated rings. The van der Waals surface area contributed by atoms with Crippen molar-refractivity contribution in [2.75, 3.05) is 10.0 Å². The van der Waals surface area contributed by atoms with Crippen molar-refractivity contribution in [3.63, 3.8) is 0 Å². The first-order valence-electron chi connectivity index (χ1n) is 10.2. The Morgan fingerprint density at radius 2 is 1.44 bits per heavy atom. The number of rotatable bonds is 8. The molecule has 0 aliphatic heterocycles. The normalized spacial score (nSPS) is 11.6. The van der Waals surface area contributed by atoms with E-state index in [0.717, 1.165) is 11.1 Å². The predicted molar refractivity (Wildman–Crippen MR) is 128 cm³/mol. The van der Waals surface area contributed by atoms with Crippen molar-refractivity contribution in [3.05, 3.63) is 90.0 Å². The van der Waals surface area contributed by atoms with E-state index in [4.69, 9.17) is 5.73 Å². The van der Waals surface area contributed by atoms with Crippen LogP contribution in [0.1, 0.15) is 25.0 Å². The van der Waals surface area contributed by atoms with E-state index in [-0.39, 0.29) is 16.5 Å². The molecule has 0 bridgehead atoms. The van der Waals surface area contributed by atoms with E-state index in [9.17, 15) is 13.2 Å². The summed E-state index contributed by atoms with van der Waals surface area (Å²) in [6, 6.07) is 22.3. The molecule has 32 heavy (non-hydrogen) atoms. The zero-order chi connectivity index (χ0) is 23.2. The average Bonchev–Trinajstić information content (AvgIpc) is 2.74. The van der Waals surface area contributed by atoms with Crippen LogP contribution in [0.15, 0.2) is 83.8 Å². The van der Waals surface area contributed by atoms with Gasteiger partial charge in [-0.15, -0.1) is 0 Å². The first-order chi connectivity index (χ1) is 15.1. The topological polar surface area (TPSA) is 113 Å². The molecule has 0 aliphatic carbocycles. The van der Waals surface area contributed by atoms with Crippen molar-refractivity contribution in [1.82, 2.24) is 5.32 Å². The van der Waals surface area contributed by atoms with Crippen LogP contribution in [0.2, 0.25) is 0 Å². The smallest absolute Gasteiger partial charge is 0.319 e. The molecule has 5 N–H and O–H groups in total. The van der Waals surface area contributed by atoms with Crippen molar-refractivity contribution < 1.29 is 13.2 Å². The van der Waals surface area contributed by atoms with E-state index in [0.29, 0.717) is 24.3 Å². The van der Waals surface area contributed by atoms with Gasteiger partial charge >= 0.3 is 6.03 Å². The molecule has 0 unspecified atom stereocenters. The molecule has 0 atom stereocenters. The van der Waals surface area contributed by atoms with Crippen molar-refractivity contribution in [2.45, 2.75) is 37.2 Å². The fourth-order valence-electron chi connectivity index (χ4n) is 3.10. The number of carbonyl (C=O) groups excluding carboxylic acids is 1. The van der Waals surface area contributed by atoms with Crippen LogP contribution in [-0.4, -0.2) is 20.0 Å². The van der Waals surface area contributed by atoms with Gasteiger partial charge in [-0.25, -0.2) is 13.2 Å². The van der Waals surface area contributed by atoms with Gasteiger partial charge in [-0.05, 0) is 67.8 Å². The monoisotopic (exact) mass is 452 g/mol. The molecule has 2 amide bonds.